The summed E-state index contributed by atoms with van der Waals surface area (Å²) in [7, 11) is 3.83. The Labute approximate surface area is 222 Å². The van der Waals surface area contributed by atoms with Crippen LogP contribution in [0, 0.1) is 11.2 Å². The van der Waals surface area contributed by atoms with Gasteiger partial charge in [0.1, 0.15) is 11.9 Å². The van der Waals surface area contributed by atoms with Crippen molar-refractivity contribution in [2.75, 3.05) is 51.7 Å². The number of halogens is 2. The Hall–Kier alpha value is -2.97. The van der Waals surface area contributed by atoms with Gasteiger partial charge < -0.3 is 19.6 Å². The zero-order valence-corrected chi connectivity index (χ0v) is 22.8. The first-order chi connectivity index (χ1) is 17.4. The molecule has 2 heterocycles. The molecular formula is C28H34ClFN4O3. The van der Waals surface area contributed by atoms with Crippen LogP contribution in [0.2, 0.25) is 5.02 Å². The number of benzene rings is 2. The second-order valence-corrected chi connectivity index (χ2v) is 11.7. The fourth-order valence-electron chi connectivity index (χ4n) is 4.85. The van der Waals surface area contributed by atoms with Gasteiger partial charge >= 0.3 is 0 Å². The van der Waals surface area contributed by atoms with E-state index < -0.39 is 11.9 Å². The standard InChI is InChI=1S/C28H34ClFN4O3/c1-28(2,3)16-25(35)32-11-13-34-24(17-32)27(37)33(12-10-31(4)5)23-9-6-18(14-21(23)26(34)36)20-8-7-19(29)15-22(20)30/h6-9,14-15,24H,10-13,16-17H2,1-5H3. The Morgan fingerprint density at radius 2 is 1.81 bits per heavy atom. The van der Waals surface area contributed by atoms with E-state index in [1.54, 1.807) is 45.0 Å². The molecule has 1 fully saturated rings. The number of hydrogen-bond acceptors (Lipinski definition) is 4. The molecule has 0 N–H and O–H groups in total. The van der Waals surface area contributed by atoms with E-state index in [0.29, 0.717) is 48.4 Å². The molecule has 2 aromatic carbocycles. The van der Waals surface area contributed by atoms with Crippen LogP contribution < -0.4 is 4.90 Å². The Morgan fingerprint density at radius 1 is 1.08 bits per heavy atom. The maximum atomic E-state index is 14.7. The van der Waals surface area contributed by atoms with Crippen LogP contribution in [0.5, 0.6) is 0 Å². The van der Waals surface area contributed by atoms with Crippen LogP contribution in [0.4, 0.5) is 10.1 Å². The van der Waals surface area contributed by atoms with E-state index >= 15 is 0 Å². The van der Waals surface area contributed by atoms with Gasteiger partial charge in [-0.1, -0.05) is 38.4 Å². The molecule has 2 aromatic rings. The maximum Gasteiger partial charge on any atom is 0.256 e. The SMILES string of the molecule is CN(C)CCN1C(=O)C2CN(C(=O)CC(C)(C)C)CCN2C(=O)c2cc(-c3ccc(Cl)cc3F)ccc21. The molecule has 2 aliphatic heterocycles. The Kier molecular flexibility index (Phi) is 7.62. The lowest BCUT2D eigenvalue weighted by Gasteiger charge is -2.41. The Bertz CT molecular complexity index is 1230. The van der Waals surface area contributed by atoms with E-state index in [2.05, 4.69) is 0 Å². The minimum atomic E-state index is -0.782. The fraction of sp³-hybridized carbons (Fsp3) is 0.464. The monoisotopic (exact) mass is 528 g/mol. The van der Waals surface area contributed by atoms with Crippen molar-refractivity contribution in [3.63, 3.8) is 0 Å². The van der Waals surface area contributed by atoms with Crippen molar-refractivity contribution in [1.29, 1.82) is 0 Å². The third kappa shape index (κ3) is 5.80. The summed E-state index contributed by atoms with van der Waals surface area (Å²) in [4.78, 5) is 47.6. The summed E-state index contributed by atoms with van der Waals surface area (Å²) in [6.45, 7) is 7.75. The van der Waals surface area contributed by atoms with Crippen molar-refractivity contribution >= 4 is 35.0 Å². The van der Waals surface area contributed by atoms with Crippen LogP contribution in [-0.4, -0.2) is 85.3 Å². The summed E-state index contributed by atoms with van der Waals surface area (Å²) < 4.78 is 14.7. The molecule has 1 unspecified atom stereocenters. The van der Waals surface area contributed by atoms with E-state index in [1.165, 1.54) is 6.07 Å². The van der Waals surface area contributed by atoms with Gasteiger partial charge in [-0.2, -0.15) is 0 Å². The maximum absolute atomic E-state index is 14.7. The van der Waals surface area contributed by atoms with Gasteiger partial charge in [-0.25, -0.2) is 4.39 Å². The largest absolute Gasteiger partial charge is 0.338 e. The number of fused-ring (bicyclic) bond motifs is 2. The summed E-state index contributed by atoms with van der Waals surface area (Å²) in [5.74, 6) is -1.01. The molecule has 1 saturated heterocycles. The smallest absolute Gasteiger partial charge is 0.256 e. The lowest BCUT2D eigenvalue weighted by molar-refractivity contribution is -0.137. The molecule has 3 amide bonds. The molecule has 198 valence electrons. The zero-order valence-electron chi connectivity index (χ0n) is 22.1. The van der Waals surface area contributed by atoms with Crippen LogP contribution in [0.25, 0.3) is 11.1 Å². The molecule has 0 aromatic heterocycles. The number of carbonyl (C=O) groups is 3. The lowest BCUT2D eigenvalue weighted by atomic mass is 9.91. The van der Waals surface area contributed by atoms with Gasteiger partial charge in [0.25, 0.3) is 11.8 Å². The van der Waals surface area contributed by atoms with E-state index in [0.717, 1.165) is 0 Å². The molecule has 0 spiro atoms. The highest BCUT2D eigenvalue weighted by molar-refractivity contribution is 6.30. The van der Waals surface area contributed by atoms with Crippen molar-refractivity contribution in [1.82, 2.24) is 14.7 Å². The quantitative estimate of drug-likeness (QED) is 0.585. The van der Waals surface area contributed by atoms with Crippen molar-refractivity contribution < 1.29 is 18.8 Å². The molecule has 0 aliphatic carbocycles. The van der Waals surface area contributed by atoms with Crippen LogP contribution >= 0.6 is 11.6 Å². The fourth-order valence-corrected chi connectivity index (χ4v) is 5.01. The van der Waals surface area contributed by atoms with Gasteiger partial charge in [-0.3, -0.25) is 14.4 Å². The number of anilines is 1. The van der Waals surface area contributed by atoms with Gasteiger partial charge in [0.2, 0.25) is 5.91 Å². The normalized spacial score (nSPS) is 18.2. The second-order valence-electron chi connectivity index (χ2n) is 11.2. The molecule has 9 heteroatoms. The Balaban J connectivity index is 1.74. The predicted molar refractivity (Wildman–Crippen MR) is 143 cm³/mol. The zero-order chi connectivity index (χ0) is 27.1. The topological polar surface area (TPSA) is 64.2 Å². The number of carbonyl (C=O) groups excluding carboxylic acids is 3. The predicted octanol–water partition coefficient (Wildman–Crippen LogP) is 4.14. The highest BCUT2D eigenvalue weighted by atomic mass is 35.5. The van der Waals surface area contributed by atoms with Crippen LogP contribution in [0.15, 0.2) is 36.4 Å². The van der Waals surface area contributed by atoms with Crippen molar-refractivity contribution in [3.05, 3.63) is 52.8 Å². The van der Waals surface area contributed by atoms with Gasteiger partial charge in [0.15, 0.2) is 0 Å². The summed E-state index contributed by atoms with van der Waals surface area (Å²) in [5.41, 5.74) is 1.51. The first-order valence-corrected chi connectivity index (χ1v) is 12.9. The van der Waals surface area contributed by atoms with Crippen molar-refractivity contribution in [2.45, 2.75) is 33.2 Å². The highest BCUT2D eigenvalue weighted by Gasteiger charge is 2.43. The number of piperazine rings is 1. The second kappa shape index (κ2) is 10.4. The van der Waals surface area contributed by atoms with E-state index in [4.69, 9.17) is 11.6 Å². The number of amides is 3. The number of likely N-dealkylation sites (N-methyl/N-ethyl adjacent to an activating group) is 1. The number of hydrogen-bond donors (Lipinski definition) is 0. The molecule has 37 heavy (non-hydrogen) atoms. The molecule has 1 atom stereocenters. The van der Waals surface area contributed by atoms with Crippen molar-refractivity contribution in [3.8, 4) is 11.1 Å². The minimum Gasteiger partial charge on any atom is -0.338 e. The third-order valence-electron chi connectivity index (χ3n) is 6.76. The summed E-state index contributed by atoms with van der Waals surface area (Å²) >= 11 is 5.93. The minimum absolute atomic E-state index is 0.0190. The molecule has 4 rings (SSSR count). The van der Waals surface area contributed by atoms with Crippen LogP contribution in [0.1, 0.15) is 37.6 Å². The Morgan fingerprint density at radius 3 is 2.46 bits per heavy atom. The van der Waals surface area contributed by atoms with Crippen LogP contribution in [-0.2, 0) is 9.59 Å². The summed E-state index contributed by atoms with van der Waals surface area (Å²) in [5, 5.41) is 0.286. The number of nitrogens with zero attached hydrogens (tertiary/aromatic N) is 4. The van der Waals surface area contributed by atoms with Gasteiger partial charge in [0, 0.05) is 43.2 Å². The van der Waals surface area contributed by atoms with Gasteiger partial charge in [0.05, 0.1) is 17.8 Å². The van der Waals surface area contributed by atoms with Crippen molar-refractivity contribution in [2.24, 2.45) is 5.41 Å². The highest BCUT2D eigenvalue weighted by Crippen LogP contribution is 2.35. The number of rotatable bonds is 5. The lowest BCUT2D eigenvalue weighted by Crippen LogP contribution is -2.61. The van der Waals surface area contributed by atoms with Crippen LogP contribution in [0.3, 0.4) is 0 Å². The van der Waals surface area contributed by atoms with E-state index in [-0.39, 0.29) is 41.2 Å². The summed E-state index contributed by atoms with van der Waals surface area (Å²) in [6.07, 6.45) is 0.364. The average Bonchev–Trinajstić information content (AvgIpc) is 2.89. The first kappa shape index (κ1) is 27.1. The first-order valence-electron chi connectivity index (χ1n) is 12.5. The molecular weight excluding hydrogens is 495 g/mol. The third-order valence-corrected chi connectivity index (χ3v) is 6.99. The molecule has 7 nitrogen and oxygen atoms in total. The molecule has 2 aliphatic rings. The molecule has 0 saturated carbocycles. The summed E-state index contributed by atoms with van der Waals surface area (Å²) in [6, 6.07) is 8.72. The van der Waals surface area contributed by atoms with E-state index in [1.807, 2.05) is 39.8 Å². The van der Waals surface area contributed by atoms with E-state index in [9.17, 15) is 18.8 Å². The average molecular weight is 529 g/mol. The van der Waals surface area contributed by atoms with Gasteiger partial charge in [-0.05, 0) is 55.4 Å². The molecule has 0 radical (unpaired) electrons. The van der Waals surface area contributed by atoms with Gasteiger partial charge in [-0.15, -0.1) is 0 Å². The molecule has 0 bridgehead atoms.